The summed E-state index contributed by atoms with van der Waals surface area (Å²) in [5.41, 5.74) is 2.34. The van der Waals surface area contributed by atoms with Crippen molar-refractivity contribution in [3.8, 4) is 11.6 Å². The van der Waals surface area contributed by atoms with Crippen molar-refractivity contribution >= 4 is 5.95 Å². The third kappa shape index (κ3) is 2.64. The van der Waals surface area contributed by atoms with Crippen LogP contribution in [0.5, 0.6) is 11.6 Å². The first-order chi connectivity index (χ1) is 10.9. The van der Waals surface area contributed by atoms with E-state index in [-0.39, 0.29) is 0 Å². The van der Waals surface area contributed by atoms with E-state index in [1.165, 1.54) is 5.56 Å². The summed E-state index contributed by atoms with van der Waals surface area (Å²) in [5, 5.41) is 3.36. The van der Waals surface area contributed by atoms with E-state index in [4.69, 9.17) is 14.7 Å². The molecule has 1 aromatic heterocycles. The molecular weight excluding hydrogens is 276 g/mol. The Morgan fingerprint density at radius 1 is 1.00 bits per heavy atom. The number of piperazine rings is 1. The topological polar surface area (TPSA) is 50.3 Å². The Labute approximate surface area is 130 Å². The molecule has 0 radical (unpaired) electrons. The number of nitrogens with zero attached hydrogens (tertiary/aromatic N) is 3. The molecular formula is C17H20N4O. The van der Waals surface area contributed by atoms with Crippen molar-refractivity contribution in [1.82, 2.24) is 15.3 Å². The smallest absolute Gasteiger partial charge is 0.228 e. The minimum absolute atomic E-state index is 0.738. The summed E-state index contributed by atoms with van der Waals surface area (Å²) in [6, 6.07) is 9.88. The van der Waals surface area contributed by atoms with Crippen LogP contribution in [0, 0.1) is 0 Å². The van der Waals surface area contributed by atoms with Crippen LogP contribution in [0.2, 0.25) is 0 Å². The average molecular weight is 296 g/mol. The Bertz CT molecular complexity index is 653. The van der Waals surface area contributed by atoms with Gasteiger partial charge in [-0.2, -0.15) is 4.98 Å². The van der Waals surface area contributed by atoms with E-state index in [0.29, 0.717) is 0 Å². The fourth-order valence-electron chi connectivity index (χ4n) is 3.08. The molecule has 4 rings (SSSR count). The highest BCUT2D eigenvalue weighted by Gasteiger charge is 2.23. The van der Waals surface area contributed by atoms with Crippen LogP contribution in [0.4, 0.5) is 5.95 Å². The van der Waals surface area contributed by atoms with E-state index in [2.05, 4.69) is 10.2 Å². The van der Waals surface area contributed by atoms with Crippen molar-refractivity contribution in [2.24, 2.45) is 0 Å². The van der Waals surface area contributed by atoms with Crippen molar-refractivity contribution in [2.75, 3.05) is 31.1 Å². The number of anilines is 1. The van der Waals surface area contributed by atoms with Gasteiger partial charge in [-0.25, -0.2) is 4.98 Å². The molecule has 22 heavy (non-hydrogen) atoms. The summed E-state index contributed by atoms with van der Waals surface area (Å²) in [6.45, 7) is 3.86. The largest absolute Gasteiger partial charge is 0.439 e. The highest BCUT2D eigenvalue weighted by molar-refractivity contribution is 5.44. The molecule has 1 aliphatic heterocycles. The lowest BCUT2D eigenvalue weighted by Gasteiger charge is -2.28. The SMILES string of the molecule is c1ccc(Oc2nc(N3CCNCC3)nc3c2CCC3)cc1. The number of ether oxygens (including phenoxy) is 1. The highest BCUT2D eigenvalue weighted by Crippen LogP contribution is 2.32. The van der Waals surface area contributed by atoms with Gasteiger partial charge in [-0.3, -0.25) is 0 Å². The van der Waals surface area contributed by atoms with Crippen LogP contribution in [-0.4, -0.2) is 36.1 Å². The van der Waals surface area contributed by atoms with Crippen molar-refractivity contribution in [3.05, 3.63) is 41.6 Å². The standard InChI is InChI=1S/C17H20N4O/c1-2-5-13(6-3-1)22-16-14-7-4-8-15(14)19-17(20-16)21-11-9-18-10-12-21/h1-3,5-6,18H,4,7-12H2. The quantitative estimate of drug-likeness (QED) is 0.940. The lowest BCUT2D eigenvalue weighted by molar-refractivity contribution is 0.453. The fourth-order valence-corrected chi connectivity index (χ4v) is 3.08. The van der Waals surface area contributed by atoms with Gasteiger partial charge in [0.15, 0.2) is 0 Å². The van der Waals surface area contributed by atoms with Gasteiger partial charge in [-0.15, -0.1) is 0 Å². The number of hydrogen-bond donors (Lipinski definition) is 1. The highest BCUT2D eigenvalue weighted by atomic mass is 16.5. The molecule has 1 aromatic carbocycles. The van der Waals surface area contributed by atoms with Gasteiger partial charge in [0, 0.05) is 31.7 Å². The molecule has 2 heterocycles. The third-order valence-electron chi connectivity index (χ3n) is 4.24. The zero-order valence-electron chi connectivity index (χ0n) is 12.6. The molecule has 1 saturated heterocycles. The molecule has 2 aromatic rings. The van der Waals surface area contributed by atoms with Crippen molar-refractivity contribution in [3.63, 3.8) is 0 Å². The minimum atomic E-state index is 0.738. The van der Waals surface area contributed by atoms with Gasteiger partial charge in [0.2, 0.25) is 11.8 Å². The molecule has 1 N–H and O–H groups in total. The van der Waals surface area contributed by atoms with Gasteiger partial charge < -0.3 is 15.0 Å². The van der Waals surface area contributed by atoms with Crippen LogP contribution in [-0.2, 0) is 12.8 Å². The van der Waals surface area contributed by atoms with E-state index in [1.54, 1.807) is 0 Å². The Hall–Kier alpha value is -2.14. The molecule has 114 valence electrons. The Balaban J connectivity index is 1.68. The average Bonchev–Trinajstić information content (AvgIpc) is 3.05. The number of fused-ring (bicyclic) bond motifs is 1. The number of benzene rings is 1. The first kappa shape index (κ1) is 13.5. The summed E-state index contributed by atoms with van der Waals surface area (Å²) in [5.74, 6) is 2.39. The second-order valence-corrected chi connectivity index (χ2v) is 5.76. The van der Waals surface area contributed by atoms with E-state index >= 15 is 0 Å². The lowest BCUT2D eigenvalue weighted by atomic mass is 10.2. The molecule has 0 bridgehead atoms. The van der Waals surface area contributed by atoms with Crippen LogP contribution in [0.15, 0.2) is 30.3 Å². The summed E-state index contributed by atoms with van der Waals surface area (Å²) >= 11 is 0. The minimum Gasteiger partial charge on any atom is -0.439 e. The summed E-state index contributed by atoms with van der Waals surface area (Å²) in [4.78, 5) is 11.8. The Morgan fingerprint density at radius 2 is 1.82 bits per heavy atom. The van der Waals surface area contributed by atoms with Gasteiger partial charge in [0.25, 0.3) is 0 Å². The van der Waals surface area contributed by atoms with E-state index in [9.17, 15) is 0 Å². The molecule has 0 spiro atoms. The van der Waals surface area contributed by atoms with Crippen molar-refractivity contribution < 1.29 is 4.74 Å². The molecule has 0 atom stereocenters. The molecule has 5 heteroatoms. The lowest BCUT2D eigenvalue weighted by Crippen LogP contribution is -2.44. The molecule has 1 aliphatic carbocycles. The number of aromatic nitrogens is 2. The number of rotatable bonds is 3. The van der Waals surface area contributed by atoms with Gasteiger partial charge in [-0.1, -0.05) is 18.2 Å². The number of hydrogen-bond acceptors (Lipinski definition) is 5. The Kier molecular flexibility index (Phi) is 3.64. The second kappa shape index (κ2) is 5.93. The normalized spacial score (nSPS) is 17.4. The van der Waals surface area contributed by atoms with Crippen LogP contribution in [0.25, 0.3) is 0 Å². The van der Waals surface area contributed by atoms with Crippen LogP contribution >= 0.6 is 0 Å². The van der Waals surface area contributed by atoms with E-state index < -0.39 is 0 Å². The maximum atomic E-state index is 6.06. The second-order valence-electron chi connectivity index (χ2n) is 5.76. The van der Waals surface area contributed by atoms with Gasteiger partial charge in [0.05, 0.1) is 5.69 Å². The molecule has 0 saturated carbocycles. The molecule has 0 amide bonds. The monoisotopic (exact) mass is 296 g/mol. The molecule has 1 fully saturated rings. The maximum absolute atomic E-state index is 6.06. The summed E-state index contributed by atoms with van der Waals surface area (Å²) in [6.07, 6.45) is 3.18. The number of para-hydroxylation sites is 1. The number of nitrogens with one attached hydrogen (secondary N) is 1. The summed E-state index contributed by atoms with van der Waals surface area (Å²) in [7, 11) is 0. The zero-order chi connectivity index (χ0) is 14.8. The first-order valence-electron chi connectivity index (χ1n) is 7.98. The van der Waals surface area contributed by atoms with Crippen molar-refractivity contribution in [2.45, 2.75) is 19.3 Å². The predicted molar refractivity (Wildman–Crippen MR) is 85.7 cm³/mol. The first-order valence-corrected chi connectivity index (χ1v) is 7.98. The molecule has 2 aliphatic rings. The van der Waals surface area contributed by atoms with Gasteiger partial charge in [0.1, 0.15) is 5.75 Å². The molecule has 0 unspecified atom stereocenters. The number of aryl methyl sites for hydroxylation is 1. The van der Waals surface area contributed by atoms with Crippen LogP contribution < -0.4 is 15.0 Å². The van der Waals surface area contributed by atoms with Gasteiger partial charge >= 0.3 is 0 Å². The van der Waals surface area contributed by atoms with E-state index in [0.717, 1.165) is 68.7 Å². The Morgan fingerprint density at radius 3 is 2.64 bits per heavy atom. The fraction of sp³-hybridized carbons (Fsp3) is 0.412. The predicted octanol–water partition coefficient (Wildman–Crippen LogP) is 2.17. The molecule has 5 nitrogen and oxygen atoms in total. The van der Waals surface area contributed by atoms with Gasteiger partial charge in [-0.05, 0) is 31.4 Å². The zero-order valence-corrected chi connectivity index (χ0v) is 12.6. The third-order valence-corrected chi connectivity index (χ3v) is 4.24. The van der Waals surface area contributed by atoms with Crippen LogP contribution in [0.1, 0.15) is 17.7 Å². The summed E-state index contributed by atoms with van der Waals surface area (Å²) < 4.78 is 6.06. The van der Waals surface area contributed by atoms with E-state index in [1.807, 2.05) is 30.3 Å². The maximum Gasteiger partial charge on any atom is 0.228 e. The van der Waals surface area contributed by atoms with Crippen molar-refractivity contribution in [1.29, 1.82) is 0 Å². The van der Waals surface area contributed by atoms with Crippen LogP contribution in [0.3, 0.4) is 0 Å².